The third-order valence-electron chi connectivity index (χ3n) is 2.29. The molecule has 0 atom stereocenters. The first-order valence-corrected chi connectivity index (χ1v) is 5.32. The molecule has 0 bridgehead atoms. The maximum absolute atomic E-state index is 11.8. The van der Waals surface area contributed by atoms with E-state index in [2.05, 4.69) is 10.3 Å². The number of carbonyl (C=O) groups is 1. The van der Waals surface area contributed by atoms with Crippen molar-refractivity contribution < 1.29 is 4.79 Å². The number of pyridine rings is 1. The van der Waals surface area contributed by atoms with E-state index in [9.17, 15) is 4.79 Å². The Hall–Kier alpha value is -2.20. The minimum absolute atomic E-state index is 0.174. The number of nitrogens with one attached hydrogen (secondary N) is 1. The normalized spacial score (nSPS) is 9.94. The number of hydrogen-bond acceptors (Lipinski definition) is 3. The molecule has 3 N–H and O–H groups in total. The summed E-state index contributed by atoms with van der Waals surface area (Å²) in [5.74, 6) is 0.342. The summed E-state index contributed by atoms with van der Waals surface area (Å²) in [6, 6.07) is 14.4. The van der Waals surface area contributed by atoms with Crippen LogP contribution in [0.15, 0.2) is 48.5 Å². The second-order valence-electron chi connectivity index (χ2n) is 3.54. The quantitative estimate of drug-likeness (QED) is 0.840. The van der Waals surface area contributed by atoms with Gasteiger partial charge < -0.3 is 11.1 Å². The summed E-state index contributed by atoms with van der Waals surface area (Å²) in [7, 11) is 0. The molecular weight excluding hydrogens is 214 g/mol. The Morgan fingerprint density at radius 1 is 1.12 bits per heavy atom. The number of carbonyl (C=O) groups excluding carboxylic acids is 1. The largest absolute Gasteiger partial charge is 0.325 e. The van der Waals surface area contributed by atoms with Gasteiger partial charge in [-0.2, -0.15) is 0 Å². The van der Waals surface area contributed by atoms with Gasteiger partial charge in [0.1, 0.15) is 5.82 Å². The van der Waals surface area contributed by atoms with Crippen molar-refractivity contribution >= 4 is 11.7 Å². The summed E-state index contributed by atoms with van der Waals surface area (Å²) in [6.45, 7) is 0.356. The Labute approximate surface area is 99.5 Å². The minimum Gasteiger partial charge on any atom is -0.325 e. The van der Waals surface area contributed by atoms with Crippen LogP contribution in [0.3, 0.4) is 0 Å². The fourth-order valence-electron chi connectivity index (χ4n) is 1.44. The maximum Gasteiger partial charge on any atom is 0.256 e. The lowest BCUT2D eigenvalue weighted by molar-refractivity contribution is 0.102. The second kappa shape index (κ2) is 5.23. The fraction of sp³-hybridized carbons (Fsp3) is 0.0769. The topological polar surface area (TPSA) is 68.0 Å². The molecule has 0 saturated heterocycles. The van der Waals surface area contributed by atoms with Crippen molar-refractivity contribution in [3.8, 4) is 0 Å². The van der Waals surface area contributed by atoms with E-state index >= 15 is 0 Å². The standard InChI is InChI=1S/C13H13N3O/c14-9-11-7-4-8-12(15-11)16-13(17)10-5-2-1-3-6-10/h1-8H,9,14H2,(H,15,16,17). The molecule has 0 spiro atoms. The third-order valence-corrected chi connectivity index (χ3v) is 2.29. The van der Waals surface area contributed by atoms with Crippen molar-refractivity contribution in [2.24, 2.45) is 5.73 Å². The van der Waals surface area contributed by atoms with Crippen molar-refractivity contribution in [2.45, 2.75) is 6.54 Å². The molecule has 2 aromatic rings. The van der Waals surface area contributed by atoms with Gasteiger partial charge in [0.2, 0.25) is 0 Å². The van der Waals surface area contributed by atoms with Crippen LogP contribution in [0, 0.1) is 0 Å². The van der Waals surface area contributed by atoms with Crippen molar-refractivity contribution in [3.05, 3.63) is 59.8 Å². The molecule has 1 amide bonds. The van der Waals surface area contributed by atoms with Crippen LogP contribution in [0.2, 0.25) is 0 Å². The molecular formula is C13H13N3O. The highest BCUT2D eigenvalue weighted by molar-refractivity contribution is 6.03. The number of rotatable bonds is 3. The highest BCUT2D eigenvalue weighted by Gasteiger charge is 2.05. The van der Waals surface area contributed by atoms with Crippen LogP contribution in [0.1, 0.15) is 16.1 Å². The number of amides is 1. The van der Waals surface area contributed by atoms with E-state index in [1.807, 2.05) is 30.3 Å². The van der Waals surface area contributed by atoms with E-state index < -0.39 is 0 Å². The second-order valence-corrected chi connectivity index (χ2v) is 3.54. The van der Waals surface area contributed by atoms with Gasteiger partial charge in [0.15, 0.2) is 0 Å². The third kappa shape index (κ3) is 2.89. The lowest BCUT2D eigenvalue weighted by Gasteiger charge is -2.05. The number of nitrogens with zero attached hydrogens (tertiary/aromatic N) is 1. The van der Waals surface area contributed by atoms with E-state index in [0.29, 0.717) is 17.9 Å². The van der Waals surface area contributed by atoms with Gasteiger partial charge in [-0.25, -0.2) is 4.98 Å². The van der Waals surface area contributed by atoms with Gasteiger partial charge in [-0.15, -0.1) is 0 Å². The Morgan fingerprint density at radius 2 is 1.88 bits per heavy atom. The van der Waals surface area contributed by atoms with Crippen molar-refractivity contribution in [2.75, 3.05) is 5.32 Å². The molecule has 0 aliphatic rings. The summed E-state index contributed by atoms with van der Waals surface area (Å²) in [6.07, 6.45) is 0. The molecule has 2 rings (SSSR count). The SMILES string of the molecule is NCc1cccc(NC(=O)c2ccccc2)n1. The van der Waals surface area contributed by atoms with Gasteiger partial charge in [-0.05, 0) is 24.3 Å². The molecule has 0 aliphatic carbocycles. The molecule has 4 heteroatoms. The Morgan fingerprint density at radius 3 is 2.59 bits per heavy atom. The van der Waals surface area contributed by atoms with E-state index in [1.54, 1.807) is 18.2 Å². The average molecular weight is 227 g/mol. The molecule has 0 unspecified atom stereocenters. The Kier molecular flexibility index (Phi) is 3.47. The number of anilines is 1. The smallest absolute Gasteiger partial charge is 0.256 e. The number of benzene rings is 1. The summed E-state index contributed by atoms with van der Waals surface area (Å²) in [5, 5.41) is 2.73. The van der Waals surface area contributed by atoms with Gasteiger partial charge in [0.25, 0.3) is 5.91 Å². The van der Waals surface area contributed by atoms with E-state index in [4.69, 9.17) is 5.73 Å². The summed E-state index contributed by atoms with van der Waals surface area (Å²) in [4.78, 5) is 16.0. The van der Waals surface area contributed by atoms with Crippen molar-refractivity contribution in [1.29, 1.82) is 0 Å². The predicted octanol–water partition coefficient (Wildman–Crippen LogP) is 1.79. The number of nitrogens with two attached hydrogens (primary N) is 1. The molecule has 0 saturated carbocycles. The van der Waals surface area contributed by atoms with Crippen molar-refractivity contribution in [1.82, 2.24) is 4.98 Å². The van der Waals surface area contributed by atoms with E-state index in [-0.39, 0.29) is 5.91 Å². The summed E-state index contributed by atoms with van der Waals surface area (Å²) < 4.78 is 0. The first-order valence-electron chi connectivity index (χ1n) is 5.32. The molecule has 86 valence electrons. The van der Waals surface area contributed by atoms with Gasteiger partial charge in [0, 0.05) is 12.1 Å². The molecule has 4 nitrogen and oxygen atoms in total. The van der Waals surface area contributed by atoms with Crippen LogP contribution in [-0.4, -0.2) is 10.9 Å². The highest BCUT2D eigenvalue weighted by atomic mass is 16.1. The van der Waals surface area contributed by atoms with Crippen LogP contribution >= 0.6 is 0 Å². The molecule has 1 aromatic heterocycles. The van der Waals surface area contributed by atoms with E-state index in [0.717, 1.165) is 5.69 Å². The molecule has 1 aromatic carbocycles. The highest BCUT2D eigenvalue weighted by Crippen LogP contribution is 2.07. The van der Waals surface area contributed by atoms with Gasteiger partial charge in [0.05, 0.1) is 5.69 Å². The zero-order valence-electron chi connectivity index (χ0n) is 9.26. The van der Waals surface area contributed by atoms with Gasteiger partial charge >= 0.3 is 0 Å². The Bertz CT molecular complexity index is 511. The van der Waals surface area contributed by atoms with Gasteiger partial charge in [-0.1, -0.05) is 24.3 Å². The van der Waals surface area contributed by atoms with E-state index in [1.165, 1.54) is 0 Å². The van der Waals surface area contributed by atoms with Gasteiger partial charge in [-0.3, -0.25) is 4.79 Å². The fourth-order valence-corrected chi connectivity index (χ4v) is 1.44. The molecule has 0 radical (unpaired) electrons. The van der Waals surface area contributed by atoms with Crippen LogP contribution in [0.25, 0.3) is 0 Å². The monoisotopic (exact) mass is 227 g/mol. The lowest BCUT2D eigenvalue weighted by Crippen LogP contribution is -2.13. The molecule has 17 heavy (non-hydrogen) atoms. The lowest BCUT2D eigenvalue weighted by atomic mass is 10.2. The molecule has 0 fully saturated rings. The van der Waals surface area contributed by atoms with Crippen molar-refractivity contribution in [3.63, 3.8) is 0 Å². The maximum atomic E-state index is 11.8. The minimum atomic E-state index is -0.174. The zero-order valence-corrected chi connectivity index (χ0v) is 9.26. The van der Waals surface area contributed by atoms with Crippen LogP contribution in [0.5, 0.6) is 0 Å². The summed E-state index contributed by atoms with van der Waals surface area (Å²) >= 11 is 0. The Balaban J connectivity index is 2.13. The first kappa shape index (κ1) is 11.3. The van der Waals surface area contributed by atoms with Crippen LogP contribution in [-0.2, 0) is 6.54 Å². The molecule has 0 aliphatic heterocycles. The number of hydrogen-bond donors (Lipinski definition) is 2. The zero-order chi connectivity index (χ0) is 12.1. The number of aromatic nitrogens is 1. The van der Waals surface area contributed by atoms with Crippen LogP contribution in [0.4, 0.5) is 5.82 Å². The van der Waals surface area contributed by atoms with Crippen LogP contribution < -0.4 is 11.1 Å². The molecule has 1 heterocycles. The predicted molar refractivity (Wildman–Crippen MR) is 66.5 cm³/mol. The first-order chi connectivity index (χ1) is 8.29. The average Bonchev–Trinajstić information content (AvgIpc) is 2.40. The summed E-state index contributed by atoms with van der Waals surface area (Å²) in [5.41, 5.74) is 6.84.